The van der Waals surface area contributed by atoms with Gasteiger partial charge in [0.15, 0.2) is 10.3 Å². The summed E-state index contributed by atoms with van der Waals surface area (Å²) in [5.74, 6) is -0.559. The van der Waals surface area contributed by atoms with Gasteiger partial charge in [-0.3, -0.25) is 9.59 Å². The molecule has 0 unspecified atom stereocenters. The Morgan fingerprint density at radius 1 is 1.26 bits per heavy atom. The molecule has 0 saturated carbocycles. The molecule has 0 aliphatic carbocycles. The van der Waals surface area contributed by atoms with E-state index in [9.17, 15) is 14.0 Å². The fraction of sp³-hybridized carbons (Fsp3) is 0.350. The van der Waals surface area contributed by atoms with E-state index in [2.05, 4.69) is 25.8 Å². The quantitative estimate of drug-likeness (QED) is 0.499. The number of nitrogens with zero attached hydrogens (tertiary/aromatic N) is 4. The van der Waals surface area contributed by atoms with Gasteiger partial charge in [0.25, 0.3) is 5.91 Å². The molecule has 0 fully saturated rings. The van der Waals surface area contributed by atoms with Crippen LogP contribution in [0.3, 0.4) is 0 Å². The van der Waals surface area contributed by atoms with Gasteiger partial charge in [0.2, 0.25) is 5.91 Å². The summed E-state index contributed by atoms with van der Waals surface area (Å²) in [4.78, 5) is 29.9. The van der Waals surface area contributed by atoms with Crippen LogP contribution in [0.1, 0.15) is 33.7 Å². The molecule has 0 bridgehead atoms. The summed E-state index contributed by atoms with van der Waals surface area (Å²) < 4.78 is 15.5. The highest BCUT2D eigenvalue weighted by atomic mass is 32.2. The Morgan fingerprint density at radius 2 is 2.00 bits per heavy atom. The van der Waals surface area contributed by atoms with Crippen LogP contribution in [0, 0.1) is 19.7 Å². The predicted molar refractivity (Wildman–Crippen MR) is 119 cm³/mol. The van der Waals surface area contributed by atoms with Crippen molar-refractivity contribution >= 4 is 40.0 Å². The average Bonchev–Trinajstić information content (AvgIpc) is 3.23. The Kier molecular flexibility index (Phi) is 7.39. The van der Waals surface area contributed by atoms with Gasteiger partial charge in [0.1, 0.15) is 11.6 Å². The van der Waals surface area contributed by atoms with Crippen LogP contribution in [0.15, 0.2) is 29.4 Å². The first-order chi connectivity index (χ1) is 14.8. The fourth-order valence-corrected chi connectivity index (χ4v) is 4.29. The van der Waals surface area contributed by atoms with Gasteiger partial charge in [-0.05, 0) is 32.9 Å². The second-order valence-electron chi connectivity index (χ2n) is 6.85. The number of amides is 2. The average molecular weight is 463 g/mol. The zero-order valence-corrected chi connectivity index (χ0v) is 19.2. The Balaban J connectivity index is 1.52. The monoisotopic (exact) mass is 462 g/mol. The Labute approximate surface area is 187 Å². The maximum absolute atomic E-state index is 13.7. The molecule has 3 aromatic rings. The summed E-state index contributed by atoms with van der Waals surface area (Å²) in [7, 11) is 1.80. The van der Waals surface area contributed by atoms with Crippen LogP contribution in [0.5, 0.6) is 0 Å². The molecule has 164 valence electrons. The lowest BCUT2D eigenvalue weighted by molar-refractivity contribution is -0.115. The summed E-state index contributed by atoms with van der Waals surface area (Å²) in [6.07, 6.45) is 0.419. The van der Waals surface area contributed by atoms with Crippen molar-refractivity contribution in [1.29, 1.82) is 0 Å². The van der Waals surface area contributed by atoms with Crippen LogP contribution >= 0.6 is 23.1 Å². The number of nitrogens with one attached hydrogen (secondary N) is 2. The molecule has 0 radical (unpaired) electrons. The van der Waals surface area contributed by atoms with E-state index in [0.29, 0.717) is 22.5 Å². The first-order valence-electron chi connectivity index (χ1n) is 9.58. The molecule has 3 rings (SSSR count). The lowest BCUT2D eigenvalue weighted by Crippen LogP contribution is -2.27. The third-order valence-electron chi connectivity index (χ3n) is 4.59. The van der Waals surface area contributed by atoms with E-state index in [1.165, 1.54) is 41.3 Å². The van der Waals surface area contributed by atoms with Crippen molar-refractivity contribution in [1.82, 2.24) is 25.1 Å². The van der Waals surface area contributed by atoms with Crippen molar-refractivity contribution in [3.63, 3.8) is 0 Å². The van der Waals surface area contributed by atoms with E-state index in [-0.39, 0.29) is 18.0 Å². The third-order valence-corrected chi connectivity index (χ3v) is 6.71. The number of anilines is 1. The zero-order valence-electron chi connectivity index (χ0n) is 17.6. The first-order valence-corrected chi connectivity index (χ1v) is 11.3. The normalized spacial score (nSPS) is 11.9. The lowest BCUT2D eigenvalue weighted by Gasteiger charge is -2.10. The van der Waals surface area contributed by atoms with Crippen LogP contribution < -0.4 is 10.6 Å². The smallest absolute Gasteiger partial charge is 0.254 e. The van der Waals surface area contributed by atoms with E-state index in [1.807, 2.05) is 13.8 Å². The lowest BCUT2D eigenvalue weighted by atomic mass is 10.2. The molecular weight excluding hydrogens is 439 g/mol. The van der Waals surface area contributed by atoms with Crippen LogP contribution in [-0.2, 0) is 18.3 Å². The molecule has 2 aromatic heterocycles. The molecule has 1 aromatic carbocycles. The van der Waals surface area contributed by atoms with Crippen molar-refractivity contribution in [2.45, 2.75) is 37.6 Å². The number of rotatable bonds is 8. The van der Waals surface area contributed by atoms with Crippen molar-refractivity contribution < 1.29 is 14.0 Å². The molecule has 2 heterocycles. The number of benzene rings is 1. The Bertz CT molecular complexity index is 1080. The molecule has 0 aliphatic heterocycles. The second kappa shape index (κ2) is 10.0. The van der Waals surface area contributed by atoms with Crippen LogP contribution in [0.4, 0.5) is 9.52 Å². The van der Waals surface area contributed by atoms with E-state index in [0.717, 1.165) is 10.6 Å². The van der Waals surface area contributed by atoms with Crippen LogP contribution in [-0.4, -0.2) is 43.4 Å². The molecule has 8 nitrogen and oxygen atoms in total. The van der Waals surface area contributed by atoms with Crippen molar-refractivity contribution in [3.8, 4) is 0 Å². The largest absolute Gasteiger partial charge is 0.351 e. The summed E-state index contributed by atoms with van der Waals surface area (Å²) in [6, 6.07) is 5.82. The molecule has 11 heteroatoms. The van der Waals surface area contributed by atoms with Gasteiger partial charge in [-0.25, -0.2) is 9.37 Å². The number of hydrogen-bond acceptors (Lipinski definition) is 7. The van der Waals surface area contributed by atoms with Gasteiger partial charge in [-0.1, -0.05) is 23.9 Å². The second-order valence-corrected chi connectivity index (χ2v) is 9.36. The zero-order chi connectivity index (χ0) is 22.5. The molecule has 0 spiro atoms. The molecule has 2 N–H and O–H groups in total. The molecular formula is C20H23FN6O2S2. The molecule has 0 aliphatic rings. The highest BCUT2D eigenvalue weighted by molar-refractivity contribution is 8.00. The predicted octanol–water partition coefficient (Wildman–Crippen LogP) is 3.12. The van der Waals surface area contributed by atoms with Crippen molar-refractivity contribution in [2.75, 3.05) is 11.9 Å². The number of thiazole rings is 1. The summed E-state index contributed by atoms with van der Waals surface area (Å²) in [5, 5.41) is 14.6. The Hall–Kier alpha value is -2.79. The minimum Gasteiger partial charge on any atom is -0.351 e. The maximum Gasteiger partial charge on any atom is 0.254 e. The maximum atomic E-state index is 13.7. The van der Waals surface area contributed by atoms with E-state index in [4.69, 9.17) is 0 Å². The van der Waals surface area contributed by atoms with Crippen LogP contribution in [0.2, 0.25) is 0 Å². The standard InChI is InChI=1S/C20H23FN6O2S2/c1-11-12(2)30-19(23-11)24-17(28)13(3)31-20-26-25-16(27(20)4)9-10-22-18(29)14-7-5-6-8-15(14)21/h5-8,13H,9-10H2,1-4H3,(H,22,29)(H,23,24,28)/t13-/m1/s1. The van der Waals surface area contributed by atoms with Crippen LogP contribution in [0.25, 0.3) is 0 Å². The summed E-state index contributed by atoms with van der Waals surface area (Å²) in [5.41, 5.74) is 0.905. The highest BCUT2D eigenvalue weighted by Crippen LogP contribution is 2.25. The molecule has 2 amide bonds. The van der Waals surface area contributed by atoms with Crippen molar-refractivity contribution in [3.05, 3.63) is 52.0 Å². The summed E-state index contributed by atoms with van der Waals surface area (Å²) in [6.45, 7) is 5.93. The topological polar surface area (TPSA) is 102 Å². The van der Waals surface area contributed by atoms with Gasteiger partial charge < -0.3 is 15.2 Å². The van der Waals surface area contributed by atoms with Gasteiger partial charge in [0.05, 0.1) is 16.5 Å². The molecule has 1 atom stereocenters. The molecule has 0 saturated heterocycles. The minimum atomic E-state index is -0.562. The van der Waals surface area contributed by atoms with Gasteiger partial charge in [-0.15, -0.1) is 21.5 Å². The van der Waals surface area contributed by atoms with E-state index >= 15 is 0 Å². The first kappa shape index (κ1) is 22.9. The van der Waals surface area contributed by atoms with E-state index in [1.54, 1.807) is 24.6 Å². The number of carbonyl (C=O) groups excluding carboxylic acids is 2. The summed E-state index contributed by atoms with van der Waals surface area (Å²) >= 11 is 2.73. The number of thioether (sulfide) groups is 1. The number of halogens is 1. The highest BCUT2D eigenvalue weighted by Gasteiger charge is 2.20. The number of aryl methyl sites for hydroxylation is 2. The number of carbonyl (C=O) groups is 2. The van der Waals surface area contributed by atoms with Gasteiger partial charge >= 0.3 is 0 Å². The SMILES string of the molecule is Cc1nc(NC(=O)[C@@H](C)Sc2nnc(CCNC(=O)c3ccccc3F)n2C)sc1C. The number of hydrogen-bond donors (Lipinski definition) is 2. The molecule has 31 heavy (non-hydrogen) atoms. The van der Waals surface area contributed by atoms with E-state index < -0.39 is 17.0 Å². The van der Waals surface area contributed by atoms with Gasteiger partial charge in [-0.2, -0.15) is 0 Å². The van der Waals surface area contributed by atoms with Crippen molar-refractivity contribution in [2.24, 2.45) is 7.05 Å². The number of aromatic nitrogens is 4. The third kappa shape index (κ3) is 5.67. The Morgan fingerprint density at radius 3 is 2.68 bits per heavy atom. The fourth-order valence-electron chi connectivity index (χ4n) is 2.64. The minimum absolute atomic E-state index is 0.00200. The van der Waals surface area contributed by atoms with Gasteiger partial charge in [0, 0.05) is 24.9 Å².